The van der Waals surface area contributed by atoms with Crippen molar-refractivity contribution in [2.75, 3.05) is 17.2 Å². The van der Waals surface area contributed by atoms with E-state index in [4.69, 9.17) is 0 Å². The fourth-order valence-electron chi connectivity index (χ4n) is 3.19. The van der Waals surface area contributed by atoms with E-state index in [1.165, 1.54) is 22.0 Å². The number of benzene rings is 2. The molecular formula is C22H22N4. The number of rotatable bonds is 6. The lowest BCUT2D eigenvalue weighted by atomic mass is 10.1. The topological polar surface area (TPSA) is 52.7 Å². The molecule has 0 radical (unpaired) electrons. The van der Waals surface area contributed by atoms with Gasteiger partial charge in [-0.15, -0.1) is 0 Å². The molecule has 0 aliphatic heterocycles. The summed E-state index contributed by atoms with van der Waals surface area (Å²) >= 11 is 0. The van der Waals surface area contributed by atoms with Crippen molar-refractivity contribution >= 4 is 28.0 Å². The molecule has 2 aromatic heterocycles. The quantitative estimate of drug-likeness (QED) is 0.447. The summed E-state index contributed by atoms with van der Waals surface area (Å²) in [5.74, 6) is 0. The second kappa shape index (κ2) is 7.31. The summed E-state index contributed by atoms with van der Waals surface area (Å²) in [5, 5.41) is 8.24. The molecule has 26 heavy (non-hydrogen) atoms. The number of hydrogen-bond donors (Lipinski definition) is 3. The summed E-state index contributed by atoms with van der Waals surface area (Å²) in [7, 11) is 0. The van der Waals surface area contributed by atoms with Gasteiger partial charge in [-0.3, -0.25) is 4.98 Å². The van der Waals surface area contributed by atoms with Gasteiger partial charge < -0.3 is 15.6 Å². The summed E-state index contributed by atoms with van der Waals surface area (Å²) in [6.45, 7) is 3.01. The van der Waals surface area contributed by atoms with E-state index in [-0.39, 0.29) is 0 Å². The summed E-state index contributed by atoms with van der Waals surface area (Å²) in [6.07, 6.45) is 6.70. The predicted octanol–water partition coefficient (Wildman–Crippen LogP) is 5.27. The van der Waals surface area contributed by atoms with Gasteiger partial charge in [0.25, 0.3) is 0 Å². The van der Waals surface area contributed by atoms with Gasteiger partial charge in [0, 0.05) is 41.2 Å². The van der Waals surface area contributed by atoms with Crippen molar-refractivity contribution in [2.45, 2.75) is 13.3 Å². The maximum Gasteiger partial charge on any atom is 0.0570 e. The van der Waals surface area contributed by atoms with E-state index in [9.17, 15) is 0 Å². The van der Waals surface area contributed by atoms with Crippen LogP contribution in [0.2, 0.25) is 0 Å². The zero-order valence-electron chi connectivity index (χ0n) is 14.8. The van der Waals surface area contributed by atoms with Crippen molar-refractivity contribution < 1.29 is 0 Å². The molecule has 0 saturated heterocycles. The van der Waals surface area contributed by atoms with Crippen LogP contribution in [0.5, 0.6) is 0 Å². The molecule has 130 valence electrons. The number of nitrogens with one attached hydrogen (secondary N) is 3. The van der Waals surface area contributed by atoms with Crippen LogP contribution in [0.3, 0.4) is 0 Å². The van der Waals surface area contributed by atoms with Crippen molar-refractivity contribution in [2.24, 2.45) is 0 Å². The Hall–Kier alpha value is -3.27. The van der Waals surface area contributed by atoms with Crippen LogP contribution in [0.25, 0.3) is 10.9 Å². The molecule has 0 spiro atoms. The third kappa shape index (κ3) is 3.54. The van der Waals surface area contributed by atoms with E-state index in [1.807, 2.05) is 18.3 Å². The molecule has 4 nitrogen and oxygen atoms in total. The number of aromatic nitrogens is 2. The standard InChI is InChI=1S/C22H22N4/c1-16-13-18(8-9-21(16)26-19-5-4-11-23-15-19)24-12-10-17-14-25-22-7-3-2-6-20(17)22/h2-9,11,13-15,24-26H,10,12H2,1H3. The Morgan fingerprint density at radius 3 is 2.77 bits per heavy atom. The van der Waals surface area contributed by atoms with Gasteiger partial charge in [0.15, 0.2) is 0 Å². The molecule has 0 fully saturated rings. The molecule has 4 heteroatoms. The molecule has 0 aliphatic rings. The maximum absolute atomic E-state index is 4.14. The Morgan fingerprint density at radius 2 is 1.92 bits per heavy atom. The molecule has 2 heterocycles. The summed E-state index contributed by atoms with van der Waals surface area (Å²) < 4.78 is 0. The van der Waals surface area contributed by atoms with E-state index in [1.54, 1.807) is 6.20 Å². The van der Waals surface area contributed by atoms with Gasteiger partial charge in [0.1, 0.15) is 0 Å². The molecule has 0 amide bonds. The van der Waals surface area contributed by atoms with Gasteiger partial charge in [0.05, 0.1) is 11.9 Å². The van der Waals surface area contributed by atoms with Crippen LogP contribution in [0.1, 0.15) is 11.1 Å². The zero-order chi connectivity index (χ0) is 17.8. The van der Waals surface area contributed by atoms with Crippen LogP contribution in [0, 0.1) is 6.92 Å². The first-order valence-electron chi connectivity index (χ1n) is 8.86. The smallest absolute Gasteiger partial charge is 0.0570 e. The van der Waals surface area contributed by atoms with E-state index in [2.05, 4.69) is 76.2 Å². The minimum atomic E-state index is 0.899. The van der Waals surface area contributed by atoms with Gasteiger partial charge in [0.2, 0.25) is 0 Å². The number of anilines is 3. The average Bonchev–Trinajstić information content (AvgIpc) is 3.08. The highest BCUT2D eigenvalue weighted by atomic mass is 14.9. The van der Waals surface area contributed by atoms with E-state index in [0.29, 0.717) is 0 Å². The van der Waals surface area contributed by atoms with Crippen LogP contribution in [-0.2, 0) is 6.42 Å². The molecule has 0 unspecified atom stereocenters. The van der Waals surface area contributed by atoms with Crippen LogP contribution in [-0.4, -0.2) is 16.5 Å². The lowest BCUT2D eigenvalue weighted by molar-refractivity contribution is 1.03. The first-order valence-corrected chi connectivity index (χ1v) is 8.86. The number of fused-ring (bicyclic) bond motifs is 1. The van der Waals surface area contributed by atoms with Crippen LogP contribution >= 0.6 is 0 Å². The Bertz CT molecular complexity index is 1010. The monoisotopic (exact) mass is 342 g/mol. The maximum atomic E-state index is 4.14. The second-order valence-corrected chi connectivity index (χ2v) is 6.43. The number of nitrogens with zero attached hydrogens (tertiary/aromatic N) is 1. The number of para-hydroxylation sites is 1. The van der Waals surface area contributed by atoms with Gasteiger partial charge in [-0.1, -0.05) is 18.2 Å². The Labute approximate surface area is 153 Å². The van der Waals surface area contributed by atoms with Crippen molar-refractivity contribution in [1.82, 2.24) is 9.97 Å². The highest BCUT2D eigenvalue weighted by molar-refractivity contribution is 5.83. The van der Waals surface area contributed by atoms with Gasteiger partial charge >= 0.3 is 0 Å². The SMILES string of the molecule is Cc1cc(NCCc2c[nH]c3ccccc23)ccc1Nc1cccnc1. The van der Waals surface area contributed by atoms with Crippen molar-refractivity contribution in [3.8, 4) is 0 Å². The Kier molecular flexibility index (Phi) is 4.56. The highest BCUT2D eigenvalue weighted by Crippen LogP contribution is 2.23. The number of aromatic amines is 1. The molecule has 0 aliphatic carbocycles. The molecule has 0 atom stereocenters. The number of H-pyrrole nitrogens is 1. The Balaban J connectivity index is 1.39. The largest absolute Gasteiger partial charge is 0.385 e. The molecular weight excluding hydrogens is 320 g/mol. The zero-order valence-corrected chi connectivity index (χ0v) is 14.8. The molecule has 0 saturated carbocycles. The lowest BCUT2D eigenvalue weighted by Gasteiger charge is -2.12. The summed E-state index contributed by atoms with van der Waals surface area (Å²) in [5.41, 5.74) is 6.98. The third-order valence-corrected chi connectivity index (χ3v) is 4.57. The number of pyridine rings is 1. The first-order chi connectivity index (χ1) is 12.8. The van der Waals surface area contributed by atoms with Gasteiger partial charge in [-0.05, 0) is 60.9 Å². The molecule has 0 bridgehead atoms. The molecule has 2 aromatic carbocycles. The van der Waals surface area contributed by atoms with Crippen LogP contribution < -0.4 is 10.6 Å². The fraction of sp³-hybridized carbons (Fsp3) is 0.136. The third-order valence-electron chi connectivity index (χ3n) is 4.57. The van der Waals surface area contributed by atoms with E-state index < -0.39 is 0 Å². The van der Waals surface area contributed by atoms with Crippen LogP contribution in [0.15, 0.2) is 73.2 Å². The molecule has 4 aromatic rings. The minimum Gasteiger partial charge on any atom is -0.385 e. The van der Waals surface area contributed by atoms with Crippen molar-refractivity contribution in [1.29, 1.82) is 0 Å². The van der Waals surface area contributed by atoms with Crippen molar-refractivity contribution in [3.63, 3.8) is 0 Å². The highest BCUT2D eigenvalue weighted by Gasteiger charge is 2.04. The van der Waals surface area contributed by atoms with Crippen LogP contribution in [0.4, 0.5) is 17.1 Å². The van der Waals surface area contributed by atoms with E-state index in [0.717, 1.165) is 30.0 Å². The Morgan fingerprint density at radius 1 is 1.00 bits per heavy atom. The predicted molar refractivity (Wildman–Crippen MR) is 109 cm³/mol. The molecule has 4 rings (SSSR count). The molecule has 3 N–H and O–H groups in total. The first kappa shape index (κ1) is 16.2. The second-order valence-electron chi connectivity index (χ2n) is 6.43. The number of hydrogen-bond acceptors (Lipinski definition) is 3. The number of aryl methyl sites for hydroxylation is 1. The van der Waals surface area contributed by atoms with Crippen molar-refractivity contribution in [3.05, 3.63) is 84.3 Å². The van der Waals surface area contributed by atoms with Gasteiger partial charge in [-0.25, -0.2) is 0 Å². The fourth-order valence-corrected chi connectivity index (χ4v) is 3.19. The normalized spacial score (nSPS) is 10.8. The average molecular weight is 342 g/mol. The summed E-state index contributed by atoms with van der Waals surface area (Å²) in [6, 6.07) is 18.8. The van der Waals surface area contributed by atoms with Gasteiger partial charge in [-0.2, -0.15) is 0 Å². The minimum absolute atomic E-state index is 0.899. The summed E-state index contributed by atoms with van der Waals surface area (Å²) in [4.78, 5) is 7.47. The lowest BCUT2D eigenvalue weighted by Crippen LogP contribution is -2.05. The van der Waals surface area contributed by atoms with E-state index >= 15 is 0 Å².